The number of piperazine rings is 1. The maximum atomic E-state index is 9.48. The lowest BCUT2D eigenvalue weighted by Gasteiger charge is -2.43. The second-order valence-corrected chi connectivity index (χ2v) is 5.39. The number of nitrogens with zero attached hydrogens (tertiary/aromatic N) is 3. The third-order valence-electron chi connectivity index (χ3n) is 3.94. The van der Waals surface area contributed by atoms with Crippen molar-refractivity contribution < 1.29 is 5.11 Å². The smallest absolute Gasteiger partial charge is 0.128 e. The average molecular weight is 249 g/mol. The largest absolute Gasteiger partial charge is 0.389 e. The van der Waals surface area contributed by atoms with Gasteiger partial charge >= 0.3 is 0 Å². The Morgan fingerprint density at radius 2 is 1.89 bits per heavy atom. The quantitative estimate of drug-likeness (QED) is 0.865. The molecular formula is C14H23N3O. The highest BCUT2D eigenvalue weighted by Gasteiger charge is 2.27. The SMILES string of the molecule is CC1CN(c2ccc([C@H](C)O)cn2)CC(C)N1C. The van der Waals surface area contributed by atoms with Gasteiger partial charge in [0.25, 0.3) is 0 Å². The molecule has 1 aromatic rings. The second kappa shape index (κ2) is 5.24. The number of hydrogen-bond donors (Lipinski definition) is 1. The number of aliphatic hydroxyl groups excluding tert-OH is 1. The molecular weight excluding hydrogens is 226 g/mol. The minimum atomic E-state index is -0.447. The Hall–Kier alpha value is -1.13. The fraction of sp³-hybridized carbons (Fsp3) is 0.643. The molecule has 2 rings (SSSR count). The Labute approximate surface area is 109 Å². The molecule has 2 heterocycles. The normalized spacial score (nSPS) is 27.3. The molecule has 0 saturated carbocycles. The van der Waals surface area contributed by atoms with Gasteiger partial charge < -0.3 is 10.0 Å². The van der Waals surface area contributed by atoms with Gasteiger partial charge in [0, 0.05) is 31.4 Å². The highest BCUT2D eigenvalue weighted by molar-refractivity contribution is 5.40. The summed E-state index contributed by atoms with van der Waals surface area (Å²) in [6.45, 7) is 8.25. The average Bonchev–Trinajstić information content (AvgIpc) is 2.35. The van der Waals surface area contributed by atoms with Crippen LogP contribution in [0.2, 0.25) is 0 Å². The summed E-state index contributed by atoms with van der Waals surface area (Å²) in [6, 6.07) is 5.03. The van der Waals surface area contributed by atoms with E-state index in [1.807, 2.05) is 12.1 Å². The van der Waals surface area contributed by atoms with Gasteiger partial charge in [-0.15, -0.1) is 0 Å². The molecule has 2 unspecified atom stereocenters. The van der Waals surface area contributed by atoms with E-state index in [9.17, 15) is 5.11 Å². The van der Waals surface area contributed by atoms with Crippen molar-refractivity contribution in [2.45, 2.75) is 39.0 Å². The molecule has 1 N–H and O–H groups in total. The van der Waals surface area contributed by atoms with Gasteiger partial charge in [-0.1, -0.05) is 6.07 Å². The zero-order chi connectivity index (χ0) is 13.3. The van der Waals surface area contributed by atoms with Gasteiger partial charge in [0.1, 0.15) is 5.82 Å². The summed E-state index contributed by atoms with van der Waals surface area (Å²) in [4.78, 5) is 9.19. The Kier molecular flexibility index (Phi) is 3.88. The first kappa shape index (κ1) is 13.3. The molecule has 0 aromatic carbocycles. The van der Waals surface area contributed by atoms with E-state index in [1.165, 1.54) is 0 Å². The van der Waals surface area contributed by atoms with Crippen molar-refractivity contribution in [1.29, 1.82) is 0 Å². The van der Waals surface area contributed by atoms with Crippen LogP contribution in [0.15, 0.2) is 18.3 Å². The van der Waals surface area contributed by atoms with Crippen molar-refractivity contribution in [1.82, 2.24) is 9.88 Å². The predicted molar refractivity (Wildman–Crippen MR) is 73.8 cm³/mol. The first-order valence-electron chi connectivity index (χ1n) is 6.60. The monoisotopic (exact) mass is 249 g/mol. The van der Waals surface area contributed by atoms with Gasteiger partial charge in [0.05, 0.1) is 6.10 Å². The Morgan fingerprint density at radius 1 is 1.28 bits per heavy atom. The molecule has 0 amide bonds. The molecule has 18 heavy (non-hydrogen) atoms. The number of pyridine rings is 1. The van der Waals surface area contributed by atoms with Crippen LogP contribution in [0.25, 0.3) is 0 Å². The minimum Gasteiger partial charge on any atom is -0.389 e. The number of likely N-dealkylation sites (N-methyl/N-ethyl adjacent to an activating group) is 1. The highest BCUT2D eigenvalue weighted by atomic mass is 16.3. The van der Waals surface area contributed by atoms with E-state index in [1.54, 1.807) is 13.1 Å². The first-order valence-corrected chi connectivity index (χ1v) is 6.60. The zero-order valence-electron chi connectivity index (χ0n) is 11.7. The summed E-state index contributed by atoms with van der Waals surface area (Å²) in [5, 5.41) is 9.48. The standard InChI is InChI=1S/C14H23N3O/c1-10-8-17(9-11(2)16(10)4)14-6-5-13(7-15-14)12(3)18/h5-7,10-12,18H,8-9H2,1-4H3/t10?,11?,12-/m0/s1. The van der Waals surface area contributed by atoms with Crippen LogP contribution in [0.1, 0.15) is 32.4 Å². The Bertz CT molecular complexity index is 379. The summed E-state index contributed by atoms with van der Waals surface area (Å²) in [6.07, 6.45) is 1.32. The number of aromatic nitrogens is 1. The summed E-state index contributed by atoms with van der Waals surface area (Å²) < 4.78 is 0. The van der Waals surface area contributed by atoms with Crippen molar-refractivity contribution in [3.8, 4) is 0 Å². The van der Waals surface area contributed by atoms with E-state index >= 15 is 0 Å². The molecule has 100 valence electrons. The molecule has 0 bridgehead atoms. The van der Waals surface area contributed by atoms with Crippen molar-refractivity contribution in [2.75, 3.05) is 25.0 Å². The van der Waals surface area contributed by atoms with Crippen LogP contribution in [0.3, 0.4) is 0 Å². The van der Waals surface area contributed by atoms with Gasteiger partial charge in [0.2, 0.25) is 0 Å². The van der Waals surface area contributed by atoms with Crippen LogP contribution < -0.4 is 4.90 Å². The maximum absolute atomic E-state index is 9.48. The highest BCUT2D eigenvalue weighted by Crippen LogP contribution is 2.21. The molecule has 4 nitrogen and oxygen atoms in total. The molecule has 4 heteroatoms. The lowest BCUT2D eigenvalue weighted by atomic mass is 10.1. The molecule has 1 saturated heterocycles. The number of anilines is 1. The van der Waals surface area contributed by atoms with E-state index in [0.717, 1.165) is 24.5 Å². The third kappa shape index (κ3) is 2.65. The predicted octanol–water partition coefficient (Wildman–Crippen LogP) is 1.66. The van der Waals surface area contributed by atoms with E-state index in [-0.39, 0.29) is 0 Å². The molecule has 0 aliphatic carbocycles. The summed E-state index contributed by atoms with van der Waals surface area (Å²) >= 11 is 0. The van der Waals surface area contributed by atoms with Crippen molar-refractivity contribution >= 4 is 5.82 Å². The Balaban J connectivity index is 2.12. The van der Waals surface area contributed by atoms with Gasteiger partial charge in [-0.25, -0.2) is 4.98 Å². The number of rotatable bonds is 2. The molecule has 0 radical (unpaired) electrons. The van der Waals surface area contributed by atoms with Crippen LogP contribution in [0.4, 0.5) is 5.82 Å². The summed E-state index contributed by atoms with van der Waals surface area (Å²) in [5.74, 6) is 1.01. The van der Waals surface area contributed by atoms with E-state index < -0.39 is 6.10 Å². The van der Waals surface area contributed by atoms with Gasteiger partial charge in [-0.3, -0.25) is 4.90 Å². The van der Waals surface area contributed by atoms with E-state index in [2.05, 4.69) is 35.7 Å². The van der Waals surface area contributed by atoms with Gasteiger partial charge in [-0.2, -0.15) is 0 Å². The van der Waals surface area contributed by atoms with E-state index in [0.29, 0.717) is 12.1 Å². The fourth-order valence-corrected chi connectivity index (χ4v) is 2.42. The number of hydrogen-bond acceptors (Lipinski definition) is 4. The summed E-state index contributed by atoms with van der Waals surface area (Å²) in [7, 11) is 2.18. The lowest BCUT2D eigenvalue weighted by molar-refractivity contribution is 0.169. The molecule has 0 spiro atoms. The Morgan fingerprint density at radius 3 is 2.33 bits per heavy atom. The first-order chi connectivity index (χ1) is 8.49. The molecule has 1 aromatic heterocycles. The molecule has 3 atom stereocenters. The summed E-state index contributed by atoms with van der Waals surface area (Å²) in [5.41, 5.74) is 0.869. The van der Waals surface area contributed by atoms with Crippen molar-refractivity contribution in [2.24, 2.45) is 0 Å². The second-order valence-electron chi connectivity index (χ2n) is 5.39. The van der Waals surface area contributed by atoms with E-state index in [4.69, 9.17) is 0 Å². The molecule has 1 fully saturated rings. The van der Waals surface area contributed by atoms with Crippen LogP contribution in [-0.2, 0) is 0 Å². The van der Waals surface area contributed by atoms with Crippen LogP contribution >= 0.6 is 0 Å². The molecule has 1 aliphatic heterocycles. The van der Waals surface area contributed by atoms with Crippen molar-refractivity contribution in [3.63, 3.8) is 0 Å². The van der Waals surface area contributed by atoms with Gasteiger partial charge in [0.15, 0.2) is 0 Å². The van der Waals surface area contributed by atoms with Crippen molar-refractivity contribution in [3.05, 3.63) is 23.9 Å². The van der Waals surface area contributed by atoms with Crippen LogP contribution in [0, 0.1) is 0 Å². The molecule has 1 aliphatic rings. The maximum Gasteiger partial charge on any atom is 0.128 e. The topological polar surface area (TPSA) is 39.6 Å². The minimum absolute atomic E-state index is 0.447. The fourth-order valence-electron chi connectivity index (χ4n) is 2.42. The zero-order valence-corrected chi connectivity index (χ0v) is 11.7. The third-order valence-corrected chi connectivity index (χ3v) is 3.94. The van der Waals surface area contributed by atoms with Gasteiger partial charge in [-0.05, 0) is 39.4 Å². The van der Waals surface area contributed by atoms with Crippen LogP contribution in [-0.4, -0.2) is 47.2 Å². The number of aliphatic hydroxyl groups is 1. The van der Waals surface area contributed by atoms with Crippen LogP contribution in [0.5, 0.6) is 0 Å². The lowest BCUT2D eigenvalue weighted by Crippen LogP contribution is -2.55.